The first-order valence-electron chi connectivity index (χ1n) is 6.15. The van der Waals surface area contributed by atoms with Crippen LogP contribution in [0.25, 0.3) is 0 Å². The van der Waals surface area contributed by atoms with Crippen LogP contribution in [0.2, 0.25) is 0 Å². The molecule has 2 nitrogen and oxygen atoms in total. The number of epoxide rings is 1. The van der Waals surface area contributed by atoms with E-state index in [1.807, 2.05) is 0 Å². The molecule has 0 bridgehead atoms. The molecule has 0 amide bonds. The summed E-state index contributed by atoms with van der Waals surface area (Å²) in [5.41, 5.74) is 0. The lowest BCUT2D eigenvalue weighted by molar-refractivity contribution is -0.946. The quantitative estimate of drug-likeness (QED) is 0.454. The van der Waals surface area contributed by atoms with Crippen LogP contribution in [0.5, 0.6) is 0 Å². The Kier molecular flexibility index (Phi) is 4.39. The largest absolute Gasteiger partial charge is 0.373 e. The molecule has 0 aromatic carbocycles. The predicted molar refractivity (Wildman–Crippen MR) is 60.3 cm³/mol. The summed E-state index contributed by atoms with van der Waals surface area (Å²) in [6.45, 7) is 14.2. The summed E-state index contributed by atoms with van der Waals surface area (Å²) in [4.78, 5) is 0. The summed E-state index contributed by atoms with van der Waals surface area (Å²) in [5, 5.41) is 0. The van der Waals surface area contributed by atoms with E-state index in [0.29, 0.717) is 6.10 Å². The topological polar surface area (TPSA) is 12.5 Å². The van der Waals surface area contributed by atoms with Gasteiger partial charge < -0.3 is 9.22 Å². The van der Waals surface area contributed by atoms with Crippen LogP contribution in [0.15, 0.2) is 0 Å². The van der Waals surface area contributed by atoms with Gasteiger partial charge in [0.2, 0.25) is 0 Å². The van der Waals surface area contributed by atoms with Gasteiger partial charge in [0.1, 0.15) is 0 Å². The Morgan fingerprint density at radius 3 is 2.21 bits per heavy atom. The van der Waals surface area contributed by atoms with Gasteiger partial charge in [-0.1, -0.05) is 6.92 Å². The lowest BCUT2D eigenvalue weighted by Gasteiger charge is -2.42. The van der Waals surface area contributed by atoms with E-state index < -0.39 is 0 Å². The fourth-order valence-electron chi connectivity index (χ4n) is 2.64. The molecule has 1 rings (SSSR count). The molecule has 84 valence electrons. The molecule has 2 atom stereocenters. The van der Waals surface area contributed by atoms with Crippen molar-refractivity contribution >= 4 is 0 Å². The second-order valence-electron chi connectivity index (χ2n) is 4.61. The molecule has 0 aliphatic carbocycles. The summed E-state index contributed by atoms with van der Waals surface area (Å²) in [6, 6.07) is 0.762. The van der Waals surface area contributed by atoms with Gasteiger partial charge in [0.25, 0.3) is 0 Å². The summed E-state index contributed by atoms with van der Waals surface area (Å²) < 4.78 is 6.61. The van der Waals surface area contributed by atoms with Crippen molar-refractivity contribution in [3.63, 3.8) is 0 Å². The SMILES string of the molecule is CCC[N+](CC)(CC)C(C)CC1CO1. The summed E-state index contributed by atoms with van der Waals surface area (Å²) in [5.74, 6) is 0. The molecule has 0 N–H and O–H groups in total. The Bertz CT molecular complexity index is 162. The summed E-state index contributed by atoms with van der Waals surface area (Å²) in [7, 11) is 0. The van der Waals surface area contributed by atoms with Crippen LogP contribution in [-0.2, 0) is 4.74 Å². The van der Waals surface area contributed by atoms with Gasteiger partial charge in [0.15, 0.2) is 0 Å². The molecular weight excluding hydrogens is 174 g/mol. The van der Waals surface area contributed by atoms with Gasteiger partial charge in [0.05, 0.1) is 38.4 Å². The number of hydrogen-bond acceptors (Lipinski definition) is 1. The van der Waals surface area contributed by atoms with Crippen molar-refractivity contribution in [3.8, 4) is 0 Å². The van der Waals surface area contributed by atoms with E-state index in [1.165, 1.54) is 37.0 Å². The highest BCUT2D eigenvalue weighted by Crippen LogP contribution is 2.24. The van der Waals surface area contributed by atoms with E-state index in [2.05, 4.69) is 27.7 Å². The Hall–Kier alpha value is -0.0800. The van der Waals surface area contributed by atoms with Crippen molar-refractivity contribution in [2.45, 2.75) is 52.7 Å². The third kappa shape index (κ3) is 2.71. The van der Waals surface area contributed by atoms with E-state index >= 15 is 0 Å². The van der Waals surface area contributed by atoms with Gasteiger partial charge in [-0.05, 0) is 27.2 Å². The fraction of sp³-hybridized carbons (Fsp3) is 1.00. The molecule has 0 aromatic rings. The first kappa shape index (κ1) is 12.0. The first-order valence-corrected chi connectivity index (χ1v) is 6.15. The van der Waals surface area contributed by atoms with Crippen LogP contribution in [-0.4, -0.2) is 42.9 Å². The molecule has 1 saturated heterocycles. The second-order valence-corrected chi connectivity index (χ2v) is 4.61. The highest BCUT2D eigenvalue weighted by Gasteiger charge is 2.35. The molecule has 0 spiro atoms. The minimum atomic E-state index is 0.581. The van der Waals surface area contributed by atoms with E-state index in [9.17, 15) is 0 Å². The molecule has 0 aromatic heterocycles. The van der Waals surface area contributed by atoms with E-state index in [4.69, 9.17) is 4.74 Å². The van der Waals surface area contributed by atoms with Crippen molar-refractivity contribution in [3.05, 3.63) is 0 Å². The molecule has 1 fully saturated rings. The Morgan fingerprint density at radius 2 is 1.86 bits per heavy atom. The monoisotopic (exact) mass is 200 g/mol. The Morgan fingerprint density at radius 1 is 1.29 bits per heavy atom. The third-order valence-corrected chi connectivity index (χ3v) is 3.87. The van der Waals surface area contributed by atoms with Crippen molar-refractivity contribution < 1.29 is 9.22 Å². The average Bonchev–Trinajstić information content (AvgIpc) is 2.98. The van der Waals surface area contributed by atoms with E-state index in [1.54, 1.807) is 0 Å². The Labute approximate surface area is 88.8 Å². The molecule has 1 heterocycles. The van der Waals surface area contributed by atoms with Crippen LogP contribution in [0.4, 0.5) is 0 Å². The zero-order chi connectivity index (χ0) is 10.6. The second kappa shape index (κ2) is 5.13. The summed E-state index contributed by atoms with van der Waals surface area (Å²) >= 11 is 0. The molecule has 2 heteroatoms. The van der Waals surface area contributed by atoms with Crippen molar-refractivity contribution in [1.29, 1.82) is 0 Å². The number of ether oxygens (including phenoxy) is 1. The fourth-order valence-corrected chi connectivity index (χ4v) is 2.64. The van der Waals surface area contributed by atoms with Gasteiger partial charge in [0, 0.05) is 6.42 Å². The predicted octanol–water partition coefficient (Wildman–Crippen LogP) is 2.43. The molecule has 2 unspecified atom stereocenters. The molecule has 0 radical (unpaired) electrons. The minimum absolute atomic E-state index is 0.581. The maximum absolute atomic E-state index is 5.33. The lowest BCUT2D eigenvalue weighted by atomic mass is 10.1. The number of rotatable bonds is 7. The average molecular weight is 200 g/mol. The van der Waals surface area contributed by atoms with Crippen molar-refractivity contribution in [1.82, 2.24) is 0 Å². The molecular formula is C12H26NO+. The smallest absolute Gasteiger partial charge is 0.0887 e. The lowest BCUT2D eigenvalue weighted by Crippen LogP contribution is -2.54. The van der Waals surface area contributed by atoms with Crippen LogP contribution in [0, 0.1) is 0 Å². The summed E-state index contributed by atoms with van der Waals surface area (Å²) in [6.07, 6.45) is 3.12. The zero-order valence-corrected chi connectivity index (χ0v) is 10.3. The molecule has 1 aliphatic rings. The van der Waals surface area contributed by atoms with Crippen LogP contribution in [0.1, 0.15) is 40.5 Å². The molecule has 1 aliphatic heterocycles. The molecule has 14 heavy (non-hydrogen) atoms. The van der Waals surface area contributed by atoms with Gasteiger partial charge in [-0.3, -0.25) is 0 Å². The maximum atomic E-state index is 5.33. The van der Waals surface area contributed by atoms with Crippen LogP contribution in [0.3, 0.4) is 0 Å². The normalized spacial score (nSPS) is 23.6. The van der Waals surface area contributed by atoms with Crippen molar-refractivity contribution in [2.75, 3.05) is 26.2 Å². The standard InChI is InChI=1S/C12H26NO/c1-5-8-13(6-2,7-3)11(4)9-12-10-14-12/h11-12H,5-10H2,1-4H3/q+1. The zero-order valence-electron chi connectivity index (χ0n) is 10.3. The molecule has 0 saturated carbocycles. The van der Waals surface area contributed by atoms with Crippen LogP contribution < -0.4 is 0 Å². The maximum Gasteiger partial charge on any atom is 0.0887 e. The number of hydrogen-bond donors (Lipinski definition) is 0. The number of quaternary nitrogens is 1. The van der Waals surface area contributed by atoms with Gasteiger partial charge in [-0.2, -0.15) is 0 Å². The highest BCUT2D eigenvalue weighted by atomic mass is 16.6. The van der Waals surface area contributed by atoms with Gasteiger partial charge in [-0.25, -0.2) is 0 Å². The third-order valence-electron chi connectivity index (χ3n) is 3.87. The first-order chi connectivity index (χ1) is 6.68. The highest BCUT2D eigenvalue weighted by molar-refractivity contribution is 4.73. The van der Waals surface area contributed by atoms with E-state index in [-0.39, 0.29) is 0 Å². The Balaban J connectivity index is 2.52. The van der Waals surface area contributed by atoms with Gasteiger partial charge in [-0.15, -0.1) is 0 Å². The van der Waals surface area contributed by atoms with Crippen molar-refractivity contribution in [2.24, 2.45) is 0 Å². The van der Waals surface area contributed by atoms with E-state index in [0.717, 1.165) is 12.6 Å². The van der Waals surface area contributed by atoms with Gasteiger partial charge >= 0.3 is 0 Å². The number of nitrogens with zero attached hydrogens (tertiary/aromatic N) is 1. The minimum Gasteiger partial charge on any atom is -0.373 e. The van der Waals surface area contributed by atoms with Crippen LogP contribution >= 0.6 is 0 Å².